The van der Waals surface area contributed by atoms with Crippen LogP contribution >= 0.6 is 0 Å². The molecule has 0 atom stereocenters. The van der Waals surface area contributed by atoms with Gasteiger partial charge in [-0.05, 0) is 37.9 Å². The lowest BCUT2D eigenvalue weighted by Crippen LogP contribution is -2.10. The lowest BCUT2D eigenvalue weighted by Gasteiger charge is -2.11. The number of hydrogen-bond donors (Lipinski definition) is 1. The molecule has 1 aromatic carbocycles. The molecular formula is C13H13N3O. The van der Waals surface area contributed by atoms with E-state index in [4.69, 9.17) is 10.5 Å². The van der Waals surface area contributed by atoms with Crippen LogP contribution in [-0.4, -0.2) is 24.1 Å². The molecule has 0 heterocycles. The zero-order valence-corrected chi connectivity index (χ0v) is 9.81. The van der Waals surface area contributed by atoms with E-state index in [1.807, 2.05) is 19.0 Å². The smallest absolute Gasteiger partial charge is 0.130 e. The van der Waals surface area contributed by atoms with Crippen LogP contribution in [0.15, 0.2) is 23.8 Å². The summed E-state index contributed by atoms with van der Waals surface area (Å²) < 4.78 is 0. The van der Waals surface area contributed by atoms with Crippen molar-refractivity contribution in [3.8, 4) is 17.9 Å². The van der Waals surface area contributed by atoms with Gasteiger partial charge in [-0.25, -0.2) is 0 Å². The maximum absolute atomic E-state index is 9.65. The fourth-order valence-electron chi connectivity index (χ4n) is 1.42. The summed E-state index contributed by atoms with van der Waals surface area (Å²) >= 11 is 0. The van der Waals surface area contributed by atoms with Crippen molar-refractivity contribution in [3.63, 3.8) is 0 Å². The van der Waals surface area contributed by atoms with Crippen LogP contribution in [-0.2, 0) is 6.54 Å². The average Bonchev–Trinajstić information content (AvgIpc) is 2.29. The Morgan fingerprint density at radius 3 is 2.53 bits per heavy atom. The van der Waals surface area contributed by atoms with Crippen molar-refractivity contribution in [1.29, 1.82) is 10.5 Å². The Labute approximate surface area is 101 Å². The molecule has 0 unspecified atom stereocenters. The average molecular weight is 227 g/mol. The summed E-state index contributed by atoms with van der Waals surface area (Å²) in [7, 11) is 3.80. The molecule has 0 bridgehead atoms. The highest BCUT2D eigenvalue weighted by atomic mass is 16.3. The fraction of sp³-hybridized carbons (Fsp3) is 0.231. The van der Waals surface area contributed by atoms with Gasteiger partial charge in [0.25, 0.3) is 0 Å². The Bertz CT molecular complexity index is 502. The van der Waals surface area contributed by atoms with E-state index in [-0.39, 0.29) is 11.3 Å². The summed E-state index contributed by atoms with van der Waals surface area (Å²) in [5.41, 5.74) is 1.54. The highest BCUT2D eigenvalue weighted by molar-refractivity contribution is 5.63. The zero-order valence-electron chi connectivity index (χ0n) is 9.81. The van der Waals surface area contributed by atoms with Gasteiger partial charge in [0.2, 0.25) is 0 Å². The summed E-state index contributed by atoms with van der Waals surface area (Å²) in [5.74, 6) is 0.214. The van der Waals surface area contributed by atoms with Crippen LogP contribution < -0.4 is 0 Å². The molecule has 1 N–H and O–H groups in total. The number of benzene rings is 1. The molecule has 0 amide bonds. The lowest BCUT2D eigenvalue weighted by atomic mass is 10.1. The Morgan fingerprint density at radius 1 is 1.35 bits per heavy atom. The Hall–Kier alpha value is -2.30. The van der Waals surface area contributed by atoms with Crippen molar-refractivity contribution in [1.82, 2.24) is 4.90 Å². The summed E-state index contributed by atoms with van der Waals surface area (Å²) in [4.78, 5) is 1.93. The summed E-state index contributed by atoms with van der Waals surface area (Å²) in [6.45, 7) is 0.599. The molecule has 0 aliphatic rings. The molecule has 0 fully saturated rings. The van der Waals surface area contributed by atoms with Gasteiger partial charge >= 0.3 is 0 Å². The minimum Gasteiger partial charge on any atom is -0.508 e. The molecule has 1 aromatic rings. The molecule has 86 valence electrons. The van der Waals surface area contributed by atoms with E-state index in [0.717, 1.165) is 11.1 Å². The van der Waals surface area contributed by atoms with E-state index in [2.05, 4.69) is 0 Å². The van der Waals surface area contributed by atoms with E-state index < -0.39 is 0 Å². The molecular weight excluding hydrogens is 214 g/mol. The molecule has 4 heteroatoms. The molecule has 0 saturated carbocycles. The van der Waals surface area contributed by atoms with Crippen molar-refractivity contribution in [2.45, 2.75) is 6.54 Å². The lowest BCUT2D eigenvalue weighted by molar-refractivity contribution is 0.386. The van der Waals surface area contributed by atoms with Crippen LogP contribution in [0, 0.1) is 22.7 Å². The predicted molar refractivity (Wildman–Crippen MR) is 64.7 cm³/mol. The number of allylic oxidation sites excluding steroid dienone is 1. The molecule has 0 spiro atoms. The summed E-state index contributed by atoms with van der Waals surface area (Å²) in [6, 6.07) is 8.61. The first-order valence-electron chi connectivity index (χ1n) is 5.05. The number of rotatable bonds is 3. The van der Waals surface area contributed by atoms with Crippen LogP contribution in [0.4, 0.5) is 0 Å². The topological polar surface area (TPSA) is 71.0 Å². The van der Waals surface area contributed by atoms with E-state index in [9.17, 15) is 5.11 Å². The van der Waals surface area contributed by atoms with Crippen LogP contribution in [0.1, 0.15) is 11.1 Å². The molecule has 0 saturated heterocycles. The van der Waals surface area contributed by atoms with Crippen molar-refractivity contribution in [2.75, 3.05) is 14.1 Å². The Kier molecular flexibility index (Phi) is 4.28. The van der Waals surface area contributed by atoms with Gasteiger partial charge in [0, 0.05) is 12.1 Å². The Morgan fingerprint density at radius 2 is 2.00 bits per heavy atom. The normalized spacial score (nSPS) is 9.47. The van der Waals surface area contributed by atoms with E-state index in [0.29, 0.717) is 6.54 Å². The van der Waals surface area contributed by atoms with Crippen molar-refractivity contribution in [3.05, 3.63) is 34.9 Å². The van der Waals surface area contributed by atoms with Crippen molar-refractivity contribution >= 4 is 6.08 Å². The Balaban J connectivity index is 3.10. The first-order chi connectivity index (χ1) is 8.06. The third-order valence-electron chi connectivity index (χ3n) is 2.14. The van der Waals surface area contributed by atoms with E-state index in [1.165, 1.54) is 6.08 Å². The number of phenolic OH excluding ortho intramolecular Hbond substituents is 1. The quantitative estimate of drug-likeness (QED) is 0.800. The monoisotopic (exact) mass is 227 g/mol. The van der Waals surface area contributed by atoms with Gasteiger partial charge in [-0.2, -0.15) is 10.5 Å². The molecule has 0 aliphatic heterocycles. The highest BCUT2D eigenvalue weighted by Crippen LogP contribution is 2.21. The zero-order chi connectivity index (χ0) is 12.8. The van der Waals surface area contributed by atoms with Crippen molar-refractivity contribution < 1.29 is 5.11 Å². The summed E-state index contributed by atoms with van der Waals surface area (Å²) in [6.07, 6.45) is 1.50. The molecule has 0 aliphatic carbocycles. The second-order valence-electron chi connectivity index (χ2n) is 3.91. The van der Waals surface area contributed by atoms with Crippen LogP contribution in [0.25, 0.3) is 6.08 Å². The molecule has 4 nitrogen and oxygen atoms in total. The fourth-order valence-corrected chi connectivity index (χ4v) is 1.42. The number of aromatic hydroxyl groups is 1. The third-order valence-corrected chi connectivity index (χ3v) is 2.14. The van der Waals surface area contributed by atoms with Gasteiger partial charge in [0.15, 0.2) is 0 Å². The second-order valence-corrected chi connectivity index (χ2v) is 3.91. The highest BCUT2D eigenvalue weighted by Gasteiger charge is 2.04. The van der Waals surface area contributed by atoms with Gasteiger partial charge < -0.3 is 10.0 Å². The molecule has 0 aromatic heterocycles. The maximum atomic E-state index is 9.65. The van der Waals surface area contributed by atoms with E-state index >= 15 is 0 Å². The van der Waals surface area contributed by atoms with Gasteiger partial charge in [0.1, 0.15) is 23.5 Å². The maximum Gasteiger partial charge on any atom is 0.130 e. The van der Waals surface area contributed by atoms with Crippen LogP contribution in [0.3, 0.4) is 0 Å². The third kappa shape index (κ3) is 3.64. The van der Waals surface area contributed by atoms with Crippen LogP contribution in [0.2, 0.25) is 0 Å². The minimum absolute atomic E-state index is 0.0477. The first-order valence-corrected chi connectivity index (χ1v) is 5.05. The molecule has 0 radical (unpaired) electrons. The number of nitrogens with zero attached hydrogens (tertiary/aromatic N) is 3. The standard InChI is InChI=1S/C13H13N3O/c1-16(2)9-12-6-10(3-4-13(12)17)5-11(7-14)8-15/h3-6,17H,9H2,1-2H3. The van der Waals surface area contributed by atoms with Crippen molar-refractivity contribution in [2.24, 2.45) is 0 Å². The summed E-state index contributed by atoms with van der Waals surface area (Å²) in [5, 5.41) is 27.0. The second kappa shape index (κ2) is 5.69. The first kappa shape index (κ1) is 12.8. The van der Waals surface area contributed by atoms with Gasteiger partial charge in [-0.1, -0.05) is 6.07 Å². The predicted octanol–water partition coefficient (Wildman–Crippen LogP) is 1.88. The largest absolute Gasteiger partial charge is 0.508 e. The molecule has 17 heavy (non-hydrogen) atoms. The van der Waals surface area contributed by atoms with E-state index in [1.54, 1.807) is 30.3 Å². The number of phenols is 1. The van der Waals surface area contributed by atoms with Gasteiger partial charge in [-0.15, -0.1) is 0 Å². The molecule has 1 rings (SSSR count). The minimum atomic E-state index is 0.0477. The van der Waals surface area contributed by atoms with Gasteiger partial charge in [-0.3, -0.25) is 0 Å². The number of hydrogen-bond acceptors (Lipinski definition) is 4. The number of nitriles is 2. The van der Waals surface area contributed by atoms with Crippen LogP contribution in [0.5, 0.6) is 5.75 Å². The van der Waals surface area contributed by atoms with Gasteiger partial charge in [0.05, 0.1) is 0 Å². The SMILES string of the molecule is CN(C)Cc1cc(C=C(C#N)C#N)ccc1O.